The first kappa shape index (κ1) is 102. The van der Waals surface area contributed by atoms with Gasteiger partial charge in [-0.25, -0.2) is 0 Å². The predicted octanol–water partition coefficient (Wildman–Crippen LogP) is -5.01. The molecule has 3 aromatic carbocycles. The molecule has 3 aromatic rings. The largest absolute Gasteiger partial charge is 0.370 e. The monoisotopic (exact) mass is 1680 g/mol. The van der Waals surface area contributed by atoms with Crippen molar-refractivity contribution in [3.8, 4) is 0 Å². The number of nitrogens with two attached hydrogens (primary N) is 8. The van der Waals surface area contributed by atoms with Crippen LogP contribution in [0.2, 0.25) is 0 Å². The highest BCUT2D eigenvalue weighted by atomic mass is 16.2. The SMILES string of the molecule is CC[C@H](C)[C@H](NC(=O)[C@H](CCCCN)NC(=O)[C@H](CCCCN)NC(=O)CNC(=O)[C@H](C)NC(=O)[C@H](CCCCN)NC(=O)[C@H](CC(C)C)NC(=O)[C@H](CCCNC(=N)N)NC(=O)[C@H](Cc1ccccc1)NC(=O)[C@H](CC(N)=O)NC(=O)[C@@H](N)Cc1ccccc1)C(=O)N[C@@H](CCCNC(=N)N)C(=O)N[C@@H](Cc1ccccc1)C(=O)NCC(N)=O. The fourth-order valence-electron chi connectivity index (χ4n) is 12.4. The van der Waals surface area contributed by atoms with Crippen LogP contribution in [0.5, 0.6) is 0 Å². The maximum absolute atomic E-state index is 14.7. The molecule has 0 saturated heterocycles. The fraction of sp³-hybridized carbons (Fsp3) is 0.562. The number of carbonyl (C=O) groups is 15. The molecule has 40 heteroatoms. The summed E-state index contributed by atoms with van der Waals surface area (Å²) < 4.78 is 0. The van der Waals surface area contributed by atoms with Gasteiger partial charge in [0.1, 0.15) is 66.5 Å². The minimum atomic E-state index is -1.60. The second-order valence-electron chi connectivity index (χ2n) is 29.9. The average molecular weight is 1680 g/mol. The van der Waals surface area contributed by atoms with Crippen molar-refractivity contribution in [3.63, 3.8) is 0 Å². The van der Waals surface area contributed by atoms with Crippen molar-refractivity contribution in [2.45, 2.75) is 229 Å². The average Bonchev–Trinajstić information content (AvgIpc) is 0.842. The molecule has 0 bridgehead atoms. The maximum Gasteiger partial charge on any atom is 0.243 e. The highest BCUT2D eigenvalue weighted by Gasteiger charge is 2.38. The van der Waals surface area contributed by atoms with Gasteiger partial charge in [-0.1, -0.05) is 125 Å². The number of benzene rings is 3. The van der Waals surface area contributed by atoms with Gasteiger partial charge >= 0.3 is 0 Å². The number of unbranched alkanes of at least 4 members (excludes halogenated alkanes) is 3. The van der Waals surface area contributed by atoms with Crippen LogP contribution in [-0.2, 0) is 91.2 Å². The van der Waals surface area contributed by atoms with Crippen LogP contribution in [0.1, 0.15) is 154 Å². The summed E-state index contributed by atoms with van der Waals surface area (Å²) in [6.07, 6.45) is 1.71. The van der Waals surface area contributed by atoms with Crippen molar-refractivity contribution in [1.29, 1.82) is 10.8 Å². The Balaban J connectivity index is 1.86. The van der Waals surface area contributed by atoms with E-state index >= 15 is 0 Å². The maximum atomic E-state index is 14.7. The molecule has 40 nitrogen and oxygen atoms in total. The third-order valence-electron chi connectivity index (χ3n) is 19.2. The Hall–Kier alpha value is -11.9. The molecular weight excluding hydrogens is 1550 g/mol. The molecule has 0 aromatic heterocycles. The molecule has 0 spiro atoms. The molecule has 0 aliphatic carbocycles. The van der Waals surface area contributed by atoms with E-state index in [9.17, 15) is 71.9 Å². The lowest BCUT2D eigenvalue weighted by atomic mass is 9.96. The second kappa shape index (κ2) is 56.5. The van der Waals surface area contributed by atoms with Crippen LogP contribution in [0.4, 0.5) is 0 Å². The quantitative estimate of drug-likeness (QED) is 0.0143. The Bertz CT molecular complexity index is 3810. The number of nitrogens with one attached hydrogen (secondary N) is 17. The third-order valence-corrected chi connectivity index (χ3v) is 19.2. The van der Waals surface area contributed by atoms with E-state index in [-0.39, 0.29) is 121 Å². The van der Waals surface area contributed by atoms with E-state index in [1.54, 1.807) is 119 Å². The zero-order valence-electron chi connectivity index (χ0n) is 69.4. The van der Waals surface area contributed by atoms with Crippen molar-refractivity contribution in [1.82, 2.24) is 79.8 Å². The highest BCUT2D eigenvalue weighted by molar-refractivity contribution is 6.00. The topological polar surface area (TPSA) is 692 Å². The molecular formula is C80H129N25O15. The van der Waals surface area contributed by atoms with Gasteiger partial charge in [0.05, 0.1) is 25.6 Å². The first-order valence-corrected chi connectivity index (χ1v) is 40.7. The summed E-state index contributed by atoms with van der Waals surface area (Å²) in [5, 5.41) is 54.7. The summed E-state index contributed by atoms with van der Waals surface area (Å²) in [5.41, 5.74) is 47.5. The number of primary amides is 2. The molecule has 0 radical (unpaired) electrons. The minimum absolute atomic E-state index is 0.000792. The Morgan fingerprint density at radius 1 is 0.342 bits per heavy atom. The summed E-state index contributed by atoms with van der Waals surface area (Å²) in [7, 11) is 0. The van der Waals surface area contributed by atoms with Crippen LogP contribution in [0, 0.1) is 22.7 Å². The first-order chi connectivity index (χ1) is 57.1. The lowest BCUT2D eigenvalue weighted by Gasteiger charge is -2.29. The zero-order valence-corrected chi connectivity index (χ0v) is 69.4. The predicted molar refractivity (Wildman–Crippen MR) is 450 cm³/mol. The molecule has 15 amide bonds. The number of rotatable bonds is 59. The summed E-state index contributed by atoms with van der Waals surface area (Å²) in [5.74, 6) is -14.4. The van der Waals surface area contributed by atoms with E-state index in [4.69, 9.17) is 56.7 Å². The number of hydrogen-bond donors (Lipinski definition) is 25. The summed E-state index contributed by atoms with van der Waals surface area (Å²) in [4.78, 5) is 209. The van der Waals surface area contributed by atoms with E-state index in [0.717, 1.165) is 0 Å². The fourth-order valence-corrected chi connectivity index (χ4v) is 12.4. The molecule has 0 aliphatic rings. The van der Waals surface area contributed by atoms with Crippen molar-refractivity contribution in [2.75, 3.05) is 45.8 Å². The summed E-state index contributed by atoms with van der Waals surface area (Å²) in [6, 6.07) is 9.50. The van der Waals surface area contributed by atoms with Crippen LogP contribution >= 0.6 is 0 Å². The van der Waals surface area contributed by atoms with Gasteiger partial charge in [-0.05, 0) is 151 Å². The van der Waals surface area contributed by atoms with Gasteiger partial charge in [0.2, 0.25) is 88.6 Å². The van der Waals surface area contributed by atoms with Gasteiger partial charge in [-0.15, -0.1) is 0 Å². The van der Waals surface area contributed by atoms with Crippen LogP contribution in [0.25, 0.3) is 0 Å². The Morgan fingerprint density at radius 2 is 0.683 bits per heavy atom. The molecule has 13 atom stereocenters. The lowest BCUT2D eigenvalue weighted by molar-refractivity contribution is -0.136. The van der Waals surface area contributed by atoms with E-state index in [0.29, 0.717) is 61.6 Å². The highest BCUT2D eigenvalue weighted by Crippen LogP contribution is 2.16. The lowest BCUT2D eigenvalue weighted by Crippen LogP contribution is -2.61. The smallest absolute Gasteiger partial charge is 0.243 e. The number of hydrogen-bond acceptors (Lipinski definition) is 21. The number of carbonyl (C=O) groups excluding carboxylic acids is 15. The first-order valence-electron chi connectivity index (χ1n) is 40.7. The second-order valence-corrected chi connectivity index (χ2v) is 29.9. The van der Waals surface area contributed by atoms with Gasteiger partial charge in [0, 0.05) is 25.9 Å². The van der Waals surface area contributed by atoms with Crippen molar-refractivity contribution in [3.05, 3.63) is 108 Å². The van der Waals surface area contributed by atoms with Crippen molar-refractivity contribution >= 4 is 101 Å². The summed E-state index contributed by atoms with van der Waals surface area (Å²) in [6.45, 7) is 7.82. The molecule has 0 fully saturated rings. The number of amides is 15. The number of guanidine groups is 2. The van der Waals surface area contributed by atoms with Gasteiger partial charge in [-0.2, -0.15) is 0 Å². The standard InChI is InChI=1S/C80H129N25O15/c1-6-48(4)66(78(120)100-58(34-23-39-92-80(89)90)73(115)103-60(69(111)93-45-64(86)107)42-51-26-12-8-13-27-51)105-74(116)56(32-18-21-37-83)97-71(113)54(30-16-19-35-81)96-65(108)46-94-67(109)49(5)95-70(112)55(31-17-20-36-82)98-75(117)59(40-47(2)3)102-72(114)57(33-22-38-91-79(87)88)99-76(118)61(43-52-28-14-9-15-29-52)104-77(119)62(44-63(85)106)101-68(110)53(84)41-50-24-10-7-11-25-50/h7-15,24-29,47-49,53-62,66H,6,16-23,30-46,81-84H2,1-5H3,(H2,85,106)(H2,86,107)(H,93,111)(H,94,109)(H,95,112)(H,96,108)(H,97,113)(H,98,117)(H,99,118)(H,100,120)(H,101,110)(H,102,114)(H,103,115)(H,104,119)(H,105,116)(H4,87,88,91)(H4,89,90,92)/t48-,49-,53-,54-,55-,56-,57-,58-,59-,60-,61-,62-,66-/m0/s1. The molecule has 0 aliphatic heterocycles. The zero-order chi connectivity index (χ0) is 89.2. The van der Waals surface area contributed by atoms with E-state index in [1.165, 1.54) is 6.92 Å². The van der Waals surface area contributed by atoms with Crippen molar-refractivity contribution < 1.29 is 71.9 Å². The Morgan fingerprint density at radius 3 is 1.09 bits per heavy atom. The van der Waals surface area contributed by atoms with Crippen molar-refractivity contribution in [2.24, 2.45) is 57.7 Å². The van der Waals surface area contributed by atoms with E-state index in [1.807, 2.05) is 0 Å². The molecule has 664 valence electrons. The minimum Gasteiger partial charge on any atom is -0.370 e. The van der Waals surface area contributed by atoms with Crippen LogP contribution < -0.4 is 126 Å². The van der Waals surface area contributed by atoms with E-state index in [2.05, 4.69) is 79.8 Å². The normalized spacial score (nSPS) is 14.2. The summed E-state index contributed by atoms with van der Waals surface area (Å²) >= 11 is 0. The van der Waals surface area contributed by atoms with Gasteiger partial charge < -0.3 is 126 Å². The van der Waals surface area contributed by atoms with Gasteiger partial charge in [0.25, 0.3) is 0 Å². The van der Waals surface area contributed by atoms with Crippen LogP contribution in [-0.4, -0.2) is 219 Å². The van der Waals surface area contributed by atoms with Gasteiger partial charge in [0.15, 0.2) is 11.9 Å². The molecule has 120 heavy (non-hydrogen) atoms. The van der Waals surface area contributed by atoms with Gasteiger partial charge in [-0.3, -0.25) is 82.7 Å². The third kappa shape index (κ3) is 41.0. The molecule has 33 N–H and O–H groups in total. The molecule has 0 saturated carbocycles. The molecule has 0 heterocycles. The van der Waals surface area contributed by atoms with Crippen LogP contribution in [0.15, 0.2) is 91.0 Å². The molecule has 3 rings (SSSR count). The molecule has 0 unspecified atom stereocenters. The Kier molecular flexibility index (Phi) is 48.1. The van der Waals surface area contributed by atoms with E-state index < -0.39 is 187 Å². The van der Waals surface area contributed by atoms with Crippen LogP contribution in [0.3, 0.4) is 0 Å². The Labute approximate surface area is 700 Å².